The molecule has 4 heteroatoms. The fourth-order valence-corrected chi connectivity index (χ4v) is 2.43. The molecule has 0 unspecified atom stereocenters. The molecule has 94 valence electrons. The molecule has 0 spiro atoms. The van der Waals surface area contributed by atoms with Crippen LogP contribution < -0.4 is 0 Å². The van der Waals surface area contributed by atoms with Crippen LogP contribution in [0.2, 0.25) is 0 Å². The van der Waals surface area contributed by atoms with Gasteiger partial charge in [-0.15, -0.1) is 0 Å². The highest BCUT2D eigenvalue weighted by molar-refractivity contribution is 5.77. The maximum absolute atomic E-state index is 11.0. The van der Waals surface area contributed by atoms with E-state index in [1.165, 1.54) is 32.1 Å². The molecule has 4 nitrogen and oxygen atoms in total. The maximum atomic E-state index is 11.0. The van der Waals surface area contributed by atoms with Crippen LogP contribution in [0, 0.1) is 0 Å². The second-order valence-electron chi connectivity index (χ2n) is 4.97. The smallest absolute Gasteiger partial charge is 0.234 e. The van der Waals surface area contributed by atoms with Crippen LogP contribution in [0.15, 0.2) is 4.52 Å². The molecule has 2 rings (SSSR count). The van der Waals surface area contributed by atoms with Gasteiger partial charge >= 0.3 is 0 Å². The first-order valence-electron chi connectivity index (χ1n) is 6.57. The minimum Gasteiger partial charge on any atom is -0.339 e. The van der Waals surface area contributed by atoms with E-state index in [0.29, 0.717) is 11.8 Å². The summed E-state index contributed by atoms with van der Waals surface area (Å²) in [5.41, 5.74) is 0. The normalized spacial score (nSPS) is 18.6. The van der Waals surface area contributed by atoms with Crippen LogP contribution in [0.25, 0.3) is 0 Å². The molecule has 17 heavy (non-hydrogen) atoms. The van der Waals surface area contributed by atoms with Crippen LogP contribution in [0.4, 0.5) is 0 Å². The van der Waals surface area contributed by atoms with Gasteiger partial charge in [-0.05, 0) is 19.8 Å². The van der Waals surface area contributed by atoms with Gasteiger partial charge in [0.25, 0.3) is 0 Å². The third-order valence-corrected chi connectivity index (χ3v) is 3.35. The van der Waals surface area contributed by atoms with Gasteiger partial charge in [0.2, 0.25) is 5.89 Å². The summed E-state index contributed by atoms with van der Waals surface area (Å²) < 4.78 is 5.12. The molecular weight excluding hydrogens is 216 g/mol. The van der Waals surface area contributed by atoms with Gasteiger partial charge in [0, 0.05) is 5.92 Å². The number of nitrogens with zero attached hydrogens (tertiary/aromatic N) is 2. The van der Waals surface area contributed by atoms with Crippen molar-refractivity contribution in [2.24, 2.45) is 0 Å². The largest absolute Gasteiger partial charge is 0.339 e. The first-order valence-corrected chi connectivity index (χ1v) is 6.57. The lowest BCUT2D eigenvalue weighted by Gasteiger charge is -2.15. The third kappa shape index (κ3) is 3.65. The zero-order valence-corrected chi connectivity index (χ0v) is 10.4. The second-order valence-corrected chi connectivity index (χ2v) is 4.97. The third-order valence-electron chi connectivity index (χ3n) is 3.35. The maximum Gasteiger partial charge on any atom is 0.234 e. The Bertz CT molecular complexity index is 365. The van der Waals surface area contributed by atoms with Crippen LogP contribution in [-0.2, 0) is 11.2 Å². The number of Topliss-reactive ketones (excluding diaryl/α,β-unsaturated/α-hetero) is 1. The Balaban J connectivity index is 1.99. The summed E-state index contributed by atoms with van der Waals surface area (Å²) in [5, 5.41) is 4.03. The van der Waals surface area contributed by atoms with E-state index < -0.39 is 0 Å². The molecule has 0 aliphatic heterocycles. The van der Waals surface area contributed by atoms with E-state index in [1.54, 1.807) is 6.92 Å². The number of rotatable bonds is 3. The molecular formula is C13H20N2O2. The molecule has 1 aromatic rings. The summed E-state index contributed by atoms with van der Waals surface area (Å²) in [5.74, 6) is 1.77. The van der Waals surface area contributed by atoms with Gasteiger partial charge in [-0.1, -0.05) is 37.3 Å². The van der Waals surface area contributed by atoms with Crippen LogP contribution in [0.5, 0.6) is 0 Å². The average Bonchev–Trinajstić information content (AvgIpc) is 2.64. The Hall–Kier alpha value is -1.19. The Labute approximate surface area is 102 Å². The van der Waals surface area contributed by atoms with Crippen molar-refractivity contribution < 1.29 is 9.32 Å². The van der Waals surface area contributed by atoms with E-state index in [1.807, 2.05) is 0 Å². The molecule has 1 aromatic heterocycles. The zero-order valence-electron chi connectivity index (χ0n) is 10.4. The highest BCUT2D eigenvalue weighted by Gasteiger charge is 2.19. The van der Waals surface area contributed by atoms with E-state index in [9.17, 15) is 4.79 Å². The lowest BCUT2D eigenvalue weighted by molar-refractivity contribution is -0.116. The number of hydrogen-bond donors (Lipinski definition) is 0. The SMILES string of the molecule is CC(=O)Cc1nc(C2CCCCCCC2)no1. The van der Waals surface area contributed by atoms with E-state index in [0.717, 1.165) is 18.7 Å². The highest BCUT2D eigenvalue weighted by Crippen LogP contribution is 2.29. The molecule has 0 saturated heterocycles. The molecule has 0 aromatic carbocycles. The van der Waals surface area contributed by atoms with Gasteiger partial charge in [-0.2, -0.15) is 4.98 Å². The first-order chi connectivity index (χ1) is 8.25. The topological polar surface area (TPSA) is 56.0 Å². The number of hydrogen-bond acceptors (Lipinski definition) is 4. The van der Waals surface area contributed by atoms with Crippen molar-refractivity contribution in [2.45, 2.75) is 64.2 Å². The number of carbonyl (C=O) groups excluding carboxylic acids is 1. The van der Waals surface area contributed by atoms with Crippen LogP contribution >= 0.6 is 0 Å². The molecule has 1 aliphatic rings. The predicted octanol–water partition coefficient (Wildman–Crippen LogP) is 3.03. The van der Waals surface area contributed by atoms with Gasteiger partial charge in [0.1, 0.15) is 5.78 Å². The first kappa shape index (κ1) is 12.3. The highest BCUT2D eigenvalue weighted by atomic mass is 16.5. The van der Waals surface area contributed by atoms with Crippen LogP contribution in [-0.4, -0.2) is 15.9 Å². The predicted molar refractivity (Wildman–Crippen MR) is 63.7 cm³/mol. The summed E-state index contributed by atoms with van der Waals surface area (Å²) in [6, 6.07) is 0. The summed E-state index contributed by atoms with van der Waals surface area (Å²) in [7, 11) is 0. The van der Waals surface area contributed by atoms with Crippen LogP contribution in [0.3, 0.4) is 0 Å². The Morgan fingerprint density at radius 3 is 2.53 bits per heavy atom. The van der Waals surface area contributed by atoms with Gasteiger partial charge in [0.05, 0.1) is 6.42 Å². The van der Waals surface area contributed by atoms with Crippen molar-refractivity contribution in [3.8, 4) is 0 Å². The van der Waals surface area contributed by atoms with Crippen molar-refractivity contribution in [2.75, 3.05) is 0 Å². The molecule has 1 heterocycles. The number of carbonyl (C=O) groups is 1. The van der Waals surface area contributed by atoms with E-state index in [-0.39, 0.29) is 12.2 Å². The van der Waals surface area contributed by atoms with Crippen molar-refractivity contribution >= 4 is 5.78 Å². The molecule has 1 aliphatic carbocycles. The molecule has 0 N–H and O–H groups in total. The minimum absolute atomic E-state index is 0.0675. The number of ketones is 1. The minimum atomic E-state index is 0.0675. The Morgan fingerprint density at radius 1 is 1.24 bits per heavy atom. The summed E-state index contributed by atoms with van der Waals surface area (Å²) in [6.07, 6.45) is 9.05. The van der Waals surface area contributed by atoms with E-state index in [4.69, 9.17) is 4.52 Å². The van der Waals surface area contributed by atoms with Gasteiger partial charge in [-0.25, -0.2) is 0 Å². The summed E-state index contributed by atoms with van der Waals surface area (Å²) >= 11 is 0. The molecule has 1 saturated carbocycles. The lowest BCUT2D eigenvalue weighted by Crippen LogP contribution is -2.05. The fraction of sp³-hybridized carbons (Fsp3) is 0.769. The average molecular weight is 236 g/mol. The second kappa shape index (κ2) is 5.94. The summed E-state index contributed by atoms with van der Waals surface area (Å²) in [4.78, 5) is 15.3. The molecule has 0 amide bonds. The van der Waals surface area contributed by atoms with Gasteiger partial charge in [0.15, 0.2) is 5.82 Å². The molecule has 1 fully saturated rings. The Kier molecular flexibility index (Phi) is 4.29. The molecule has 0 bridgehead atoms. The van der Waals surface area contributed by atoms with Crippen molar-refractivity contribution in [3.63, 3.8) is 0 Å². The van der Waals surface area contributed by atoms with Crippen LogP contribution in [0.1, 0.15) is 69.5 Å². The lowest BCUT2D eigenvalue weighted by atomic mass is 9.91. The quantitative estimate of drug-likeness (QED) is 0.809. The Morgan fingerprint density at radius 2 is 1.88 bits per heavy atom. The molecule has 0 radical (unpaired) electrons. The monoisotopic (exact) mass is 236 g/mol. The summed E-state index contributed by atoms with van der Waals surface area (Å²) in [6.45, 7) is 1.54. The van der Waals surface area contributed by atoms with E-state index >= 15 is 0 Å². The standard InChI is InChI=1S/C13H20N2O2/c1-10(16)9-12-14-13(15-17-12)11-7-5-3-2-4-6-8-11/h11H,2-9H2,1H3. The number of aromatic nitrogens is 2. The molecule has 0 atom stereocenters. The van der Waals surface area contributed by atoms with Gasteiger partial charge < -0.3 is 4.52 Å². The fourth-order valence-electron chi connectivity index (χ4n) is 2.43. The van der Waals surface area contributed by atoms with Crippen molar-refractivity contribution in [1.82, 2.24) is 10.1 Å². The van der Waals surface area contributed by atoms with Crippen molar-refractivity contribution in [3.05, 3.63) is 11.7 Å². The zero-order chi connectivity index (χ0) is 12.1. The van der Waals surface area contributed by atoms with Gasteiger partial charge in [-0.3, -0.25) is 4.79 Å². The van der Waals surface area contributed by atoms with Crippen molar-refractivity contribution in [1.29, 1.82) is 0 Å². The van der Waals surface area contributed by atoms with E-state index in [2.05, 4.69) is 10.1 Å².